The fraction of sp³-hybridized carbons (Fsp3) is 0.176. The molecule has 2 rings (SSSR count). The van der Waals surface area contributed by atoms with Crippen LogP contribution in [0.4, 0.5) is 5.69 Å². The van der Waals surface area contributed by atoms with Crippen LogP contribution in [0.3, 0.4) is 0 Å². The first-order valence-corrected chi connectivity index (χ1v) is 6.70. The molecule has 0 heterocycles. The van der Waals surface area contributed by atoms with Crippen molar-refractivity contribution < 1.29 is 19.1 Å². The molecule has 0 saturated heterocycles. The number of carbonyl (C=O) groups excluding carboxylic acids is 2. The molecule has 22 heavy (non-hydrogen) atoms. The van der Waals surface area contributed by atoms with Gasteiger partial charge in [0.05, 0.1) is 19.9 Å². The van der Waals surface area contributed by atoms with Crippen LogP contribution in [0.5, 0.6) is 11.5 Å². The van der Waals surface area contributed by atoms with Crippen molar-refractivity contribution in [1.82, 2.24) is 0 Å². The minimum absolute atomic E-state index is 0.122. The summed E-state index contributed by atoms with van der Waals surface area (Å²) in [5, 5.41) is 2.74. The van der Waals surface area contributed by atoms with Crippen molar-refractivity contribution in [3.8, 4) is 11.5 Å². The highest BCUT2D eigenvalue weighted by atomic mass is 16.5. The molecule has 0 aromatic heterocycles. The van der Waals surface area contributed by atoms with E-state index in [0.29, 0.717) is 22.7 Å². The van der Waals surface area contributed by atoms with Gasteiger partial charge in [0.25, 0.3) is 5.91 Å². The molecule has 0 fully saturated rings. The molecule has 0 saturated carbocycles. The van der Waals surface area contributed by atoms with Crippen LogP contribution >= 0.6 is 0 Å². The van der Waals surface area contributed by atoms with Crippen LogP contribution in [0.25, 0.3) is 0 Å². The van der Waals surface area contributed by atoms with Crippen molar-refractivity contribution in [1.29, 1.82) is 0 Å². The van der Waals surface area contributed by atoms with E-state index in [0.717, 1.165) is 0 Å². The van der Waals surface area contributed by atoms with Crippen LogP contribution in [0.15, 0.2) is 42.5 Å². The van der Waals surface area contributed by atoms with Gasteiger partial charge in [-0.05, 0) is 31.2 Å². The number of para-hydroxylation sites is 1. The van der Waals surface area contributed by atoms with Crippen LogP contribution in [0.2, 0.25) is 0 Å². The van der Waals surface area contributed by atoms with Crippen molar-refractivity contribution >= 4 is 17.4 Å². The van der Waals surface area contributed by atoms with Gasteiger partial charge >= 0.3 is 0 Å². The minimum atomic E-state index is -0.400. The van der Waals surface area contributed by atoms with Gasteiger partial charge in [-0.3, -0.25) is 9.59 Å². The second-order valence-corrected chi connectivity index (χ2v) is 4.59. The summed E-state index contributed by atoms with van der Waals surface area (Å²) in [5.41, 5.74) is 1.18. The van der Waals surface area contributed by atoms with Crippen LogP contribution in [-0.2, 0) is 0 Å². The Morgan fingerprint density at radius 2 is 1.50 bits per heavy atom. The molecule has 114 valence electrons. The van der Waals surface area contributed by atoms with E-state index >= 15 is 0 Å². The molecule has 2 aromatic carbocycles. The number of ketones is 1. The molecular formula is C17H17NO4. The molecule has 1 N–H and O–H groups in total. The van der Waals surface area contributed by atoms with Crippen molar-refractivity contribution in [2.24, 2.45) is 0 Å². The summed E-state index contributed by atoms with van der Waals surface area (Å²) in [4.78, 5) is 24.2. The number of anilines is 1. The third kappa shape index (κ3) is 3.09. The van der Waals surface area contributed by atoms with Crippen molar-refractivity contribution in [3.05, 3.63) is 53.6 Å². The predicted molar refractivity (Wildman–Crippen MR) is 83.9 cm³/mol. The van der Waals surface area contributed by atoms with Crippen LogP contribution in [0.1, 0.15) is 27.6 Å². The molecule has 5 nitrogen and oxygen atoms in total. The van der Waals surface area contributed by atoms with Gasteiger partial charge in [-0.15, -0.1) is 0 Å². The number of methoxy groups -OCH3 is 2. The Hall–Kier alpha value is -2.82. The summed E-state index contributed by atoms with van der Waals surface area (Å²) >= 11 is 0. The molecule has 0 aliphatic rings. The van der Waals surface area contributed by atoms with E-state index in [-0.39, 0.29) is 11.3 Å². The van der Waals surface area contributed by atoms with E-state index in [1.807, 2.05) is 0 Å². The number of nitrogens with one attached hydrogen (secondary N) is 1. The lowest BCUT2D eigenvalue weighted by molar-refractivity contribution is 0.101. The van der Waals surface area contributed by atoms with E-state index in [1.54, 1.807) is 42.5 Å². The van der Waals surface area contributed by atoms with Crippen molar-refractivity contribution in [3.63, 3.8) is 0 Å². The van der Waals surface area contributed by atoms with Gasteiger partial charge in [-0.1, -0.05) is 18.2 Å². The number of rotatable bonds is 5. The summed E-state index contributed by atoms with van der Waals surface area (Å²) in [6.45, 7) is 1.45. The molecule has 1 amide bonds. The summed E-state index contributed by atoms with van der Waals surface area (Å²) in [7, 11) is 2.96. The van der Waals surface area contributed by atoms with Crippen LogP contribution in [-0.4, -0.2) is 25.9 Å². The Morgan fingerprint density at radius 1 is 0.909 bits per heavy atom. The van der Waals surface area contributed by atoms with Gasteiger partial charge in [-0.2, -0.15) is 0 Å². The molecule has 5 heteroatoms. The summed E-state index contributed by atoms with van der Waals surface area (Å²) in [5.74, 6) is 0.278. The molecule has 0 aliphatic carbocycles. The maximum Gasteiger partial charge on any atom is 0.263 e. The molecule has 0 spiro atoms. The van der Waals surface area contributed by atoms with Gasteiger partial charge in [0.1, 0.15) is 17.1 Å². The van der Waals surface area contributed by atoms with E-state index < -0.39 is 5.91 Å². The topological polar surface area (TPSA) is 64.6 Å². The lowest BCUT2D eigenvalue weighted by Gasteiger charge is -2.14. The molecule has 0 bridgehead atoms. The Labute approximate surface area is 128 Å². The van der Waals surface area contributed by atoms with Gasteiger partial charge in [0.15, 0.2) is 5.78 Å². The lowest BCUT2D eigenvalue weighted by Crippen LogP contribution is -2.16. The van der Waals surface area contributed by atoms with E-state index in [2.05, 4.69) is 5.32 Å². The van der Waals surface area contributed by atoms with Crippen LogP contribution in [0, 0.1) is 0 Å². The second-order valence-electron chi connectivity index (χ2n) is 4.59. The third-order valence-corrected chi connectivity index (χ3v) is 3.21. The van der Waals surface area contributed by atoms with Gasteiger partial charge < -0.3 is 14.8 Å². The summed E-state index contributed by atoms with van der Waals surface area (Å²) in [6, 6.07) is 11.9. The fourth-order valence-electron chi connectivity index (χ4n) is 2.16. The average molecular weight is 299 g/mol. The lowest BCUT2D eigenvalue weighted by atomic mass is 10.1. The van der Waals surface area contributed by atoms with Crippen molar-refractivity contribution in [2.45, 2.75) is 6.92 Å². The largest absolute Gasteiger partial charge is 0.496 e. The monoisotopic (exact) mass is 299 g/mol. The van der Waals surface area contributed by atoms with Crippen LogP contribution < -0.4 is 14.8 Å². The number of carbonyl (C=O) groups is 2. The zero-order valence-electron chi connectivity index (χ0n) is 12.7. The highest BCUT2D eigenvalue weighted by molar-refractivity contribution is 6.11. The minimum Gasteiger partial charge on any atom is -0.496 e. The fourth-order valence-corrected chi connectivity index (χ4v) is 2.16. The van der Waals surface area contributed by atoms with Gasteiger partial charge in [-0.25, -0.2) is 0 Å². The zero-order chi connectivity index (χ0) is 16.1. The van der Waals surface area contributed by atoms with E-state index in [4.69, 9.17) is 9.47 Å². The third-order valence-electron chi connectivity index (χ3n) is 3.21. The smallest absolute Gasteiger partial charge is 0.263 e. The Bertz CT molecular complexity index is 687. The number of hydrogen-bond acceptors (Lipinski definition) is 4. The first-order valence-electron chi connectivity index (χ1n) is 6.70. The Morgan fingerprint density at radius 3 is 2.05 bits per heavy atom. The maximum absolute atomic E-state index is 12.6. The molecule has 0 atom stereocenters. The summed E-state index contributed by atoms with van der Waals surface area (Å²) in [6.07, 6.45) is 0. The maximum atomic E-state index is 12.6. The van der Waals surface area contributed by atoms with Gasteiger partial charge in [0.2, 0.25) is 0 Å². The number of hydrogen-bond donors (Lipinski definition) is 1. The Balaban J connectivity index is 2.41. The average Bonchev–Trinajstić information content (AvgIpc) is 2.54. The first-order chi connectivity index (χ1) is 10.6. The molecule has 0 aliphatic heterocycles. The highest BCUT2D eigenvalue weighted by Gasteiger charge is 2.19. The second kappa shape index (κ2) is 6.76. The van der Waals surface area contributed by atoms with E-state index in [1.165, 1.54) is 21.1 Å². The molecule has 0 radical (unpaired) electrons. The quantitative estimate of drug-likeness (QED) is 0.861. The van der Waals surface area contributed by atoms with E-state index in [9.17, 15) is 9.59 Å². The predicted octanol–water partition coefficient (Wildman–Crippen LogP) is 3.16. The normalized spacial score (nSPS) is 9.95. The number of benzene rings is 2. The molecular weight excluding hydrogens is 282 g/mol. The van der Waals surface area contributed by atoms with Gasteiger partial charge in [0, 0.05) is 5.56 Å². The number of ether oxygens (including phenoxy) is 2. The molecule has 2 aromatic rings. The standard InChI is InChI=1S/C17H17NO4/c1-11(19)12-7-4-5-8-13(12)18-17(20)16-14(21-2)9-6-10-15(16)22-3/h4-10H,1-3H3,(H,18,20). The highest BCUT2D eigenvalue weighted by Crippen LogP contribution is 2.29. The van der Waals surface area contributed by atoms with Crippen molar-refractivity contribution in [2.75, 3.05) is 19.5 Å². The number of Topliss-reactive ketones (excluding diaryl/α,β-unsaturated/α-hetero) is 1. The molecule has 0 unspecified atom stereocenters. The number of amides is 1. The first kappa shape index (κ1) is 15.6. The summed E-state index contributed by atoms with van der Waals surface area (Å²) < 4.78 is 10.4. The Kier molecular flexibility index (Phi) is 4.78. The SMILES string of the molecule is COc1cccc(OC)c1C(=O)Nc1ccccc1C(C)=O. The zero-order valence-corrected chi connectivity index (χ0v) is 12.7.